The van der Waals surface area contributed by atoms with Gasteiger partial charge in [-0.3, -0.25) is 0 Å². The molecule has 0 atom stereocenters. The molecule has 166 valence electrons. The van der Waals surface area contributed by atoms with E-state index < -0.39 is 0 Å². The molecule has 6 aromatic carbocycles. The highest BCUT2D eigenvalue weighted by Crippen LogP contribution is 2.34. The standard InChI is InChI=1S/C16H10.C14H14N2.CH2O/c1-3-11-7-9-13-5-2-6-14-10-8-12(4-1)15(11)16(13)14;1-2-16-13-6-4-3-5-11(13)12-9-10(15)7-8-14(12)16;1-2/h1-10H;3-9H,2,15H2,1H3;1H2. The first-order chi connectivity index (χ1) is 16.7. The van der Waals surface area contributed by atoms with Crippen molar-refractivity contribution < 1.29 is 4.79 Å². The molecule has 0 fully saturated rings. The molecule has 0 aliphatic carbocycles. The average Bonchev–Trinajstić information content (AvgIpc) is 3.22. The van der Waals surface area contributed by atoms with Crippen molar-refractivity contribution in [1.82, 2.24) is 4.57 Å². The van der Waals surface area contributed by atoms with Crippen LogP contribution in [-0.2, 0) is 11.3 Å². The highest BCUT2D eigenvalue weighted by Gasteiger charge is 2.08. The molecule has 0 saturated carbocycles. The van der Waals surface area contributed by atoms with E-state index >= 15 is 0 Å². The second-order valence-corrected chi connectivity index (χ2v) is 8.33. The third-order valence-corrected chi connectivity index (χ3v) is 6.51. The normalized spacial score (nSPS) is 11.0. The zero-order valence-electron chi connectivity index (χ0n) is 19.2. The van der Waals surface area contributed by atoms with Gasteiger partial charge in [0.2, 0.25) is 0 Å². The molecule has 1 heterocycles. The van der Waals surface area contributed by atoms with Crippen LogP contribution >= 0.6 is 0 Å². The van der Waals surface area contributed by atoms with Gasteiger partial charge in [0, 0.05) is 34.0 Å². The lowest BCUT2D eigenvalue weighted by molar-refractivity contribution is -0.0979. The molecule has 3 heteroatoms. The molecule has 7 rings (SSSR count). The van der Waals surface area contributed by atoms with Crippen molar-refractivity contribution in [2.45, 2.75) is 13.5 Å². The summed E-state index contributed by atoms with van der Waals surface area (Å²) < 4.78 is 2.32. The first kappa shape index (κ1) is 21.5. The fourth-order valence-electron chi connectivity index (χ4n) is 5.08. The molecule has 0 aliphatic rings. The summed E-state index contributed by atoms with van der Waals surface area (Å²) >= 11 is 0. The number of nitrogen functional groups attached to an aromatic ring is 1. The predicted octanol–water partition coefficient (Wildman–Crippen LogP) is 7.80. The van der Waals surface area contributed by atoms with E-state index in [1.165, 1.54) is 54.1 Å². The van der Waals surface area contributed by atoms with E-state index in [9.17, 15) is 0 Å². The Morgan fingerprint density at radius 3 is 1.65 bits per heavy atom. The molecule has 1 aromatic heterocycles. The molecule has 7 aromatic rings. The fraction of sp³-hybridized carbons (Fsp3) is 0.0645. The number of aromatic nitrogens is 1. The first-order valence-electron chi connectivity index (χ1n) is 11.4. The molecule has 3 nitrogen and oxygen atoms in total. The fourth-order valence-corrected chi connectivity index (χ4v) is 5.08. The summed E-state index contributed by atoms with van der Waals surface area (Å²) in [6, 6.07) is 36.5. The Kier molecular flexibility index (Phi) is 5.60. The van der Waals surface area contributed by atoms with Gasteiger partial charge in [0.1, 0.15) is 6.79 Å². The lowest BCUT2D eigenvalue weighted by Gasteiger charge is -2.09. The molecule has 0 unspecified atom stereocenters. The van der Waals surface area contributed by atoms with Crippen molar-refractivity contribution in [3.8, 4) is 0 Å². The van der Waals surface area contributed by atoms with E-state index in [2.05, 4.69) is 109 Å². The van der Waals surface area contributed by atoms with Crippen molar-refractivity contribution in [3.05, 3.63) is 103 Å². The van der Waals surface area contributed by atoms with Crippen LogP contribution in [0.25, 0.3) is 54.1 Å². The zero-order valence-corrected chi connectivity index (χ0v) is 19.2. The first-order valence-corrected chi connectivity index (χ1v) is 11.4. The van der Waals surface area contributed by atoms with Gasteiger partial charge in [0.15, 0.2) is 0 Å². The van der Waals surface area contributed by atoms with Crippen LogP contribution in [0.2, 0.25) is 0 Å². The highest BCUT2D eigenvalue weighted by atomic mass is 16.1. The lowest BCUT2D eigenvalue weighted by Crippen LogP contribution is -1.92. The number of nitrogens with two attached hydrogens (primary N) is 1. The van der Waals surface area contributed by atoms with Crippen LogP contribution in [-0.4, -0.2) is 11.4 Å². The second-order valence-electron chi connectivity index (χ2n) is 8.33. The van der Waals surface area contributed by atoms with Crippen LogP contribution in [0.4, 0.5) is 5.69 Å². The lowest BCUT2D eigenvalue weighted by atomic mass is 9.95. The van der Waals surface area contributed by atoms with Crippen LogP contribution in [0.1, 0.15) is 6.92 Å². The summed E-state index contributed by atoms with van der Waals surface area (Å²) in [6.45, 7) is 5.15. The number of rotatable bonds is 1. The third kappa shape index (κ3) is 3.43. The van der Waals surface area contributed by atoms with Crippen molar-refractivity contribution in [1.29, 1.82) is 0 Å². The average molecular weight is 443 g/mol. The number of aryl methyl sites for hydroxylation is 1. The maximum atomic E-state index is 8.00. The molecule has 0 aliphatic heterocycles. The van der Waals surface area contributed by atoms with Crippen molar-refractivity contribution >= 4 is 66.6 Å². The van der Waals surface area contributed by atoms with E-state index in [0.717, 1.165) is 12.2 Å². The Morgan fingerprint density at radius 2 is 1.12 bits per heavy atom. The van der Waals surface area contributed by atoms with Gasteiger partial charge >= 0.3 is 0 Å². The quantitative estimate of drug-likeness (QED) is 0.208. The Balaban J connectivity index is 0.000000132. The van der Waals surface area contributed by atoms with Crippen LogP contribution in [0, 0.1) is 0 Å². The maximum Gasteiger partial charge on any atom is 0.106 e. The Morgan fingerprint density at radius 1 is 0.618 bits per heavy atom. The SMILES string of the molecule is C=O.CCn1c2ccccc2c2cc(N)ccc21.c1cc2ccc3cccc4ccc(c1)c2c34. The van der Waals surface area contributed by atoms with Crippen molar-refractivity contribution in [2.24, 2.45) is 0 Å². The van der Waals surface area contributed by atoms with Gasteiger partial charge < -0.3 is 15.1 Å². The molecule has 0 spiro atoms. The van der Waals surface area contributed by atoms with Crippen LogP contribution in [0.5, 0.6) is 0 Å². The summed E-state index contributed by atoms with van der Waals surface area (Å²) in [5.41, 5.74) is 9.23. The number of para-hydroxylation sites is 1. The number of benzene rings is 6. The highest BCUT2D eigenvalue weighted by molar-refractivity contribution is 6.22. The number of hydrogen-bond donors (Lipinski definition) is 1. The largest absolute Gasteiger partial charge is 0.399 e. The number of anilines is 1. The number of nitrogens with zero attached hydrogens (tertiary/aromatic N) is 1. The molecule has 0 amide bonds. The maximum absolute atomic E-state index is 8.00. The molecule has 34 heavy (non-hydrogen) atoms. The van der Waals surface area contributed by atoms with Gasteiger partial charge in [-0.15, -0.1) is 0 Å². The monoisotopic (exact) mass is 442 g/mol. The Labute approximate surface area is 198 Å². The van der Waals surface area contributed by atoms with Gasteiger partial charge in [-0.25, -0.2) is 0 Å². The molecular weight excluding hydrogens is 416 g/mol. The Bertz CT molecular complexity index is 1620. The molecule has 0 saturated heterocycles. The van der Waals surface area contributed by atoms with Gasteiger partial charge in [-0.2, -0.15) is 0 Å². The van der Waals surface area contributed by atoms with Gasteiger partial charge in [-0.05, 0) is 63.5 Å². The topological polar surface area (TPSA) is 48.0 Å². The smallest absolute Gasteiger partial charge is 0.106 e. The van der Waals surface area contributed by atoms with Gasteiger partial charge in [-0.1, -0.05) is 78.9 Å². The second kappa shape index (κ2) is 8.87. The minimum Gasteiger partial charge on any atom is -0.399 e. The van der Waals surface area contributed by atoms with Crippen LogP contribution < -0.4 is 5.73 Å². The van der Waals surface area contributed by atoms with Gasteiger partial charge in [0.05, 0.1) is 0 Å². The predicted molar refractivity (Wildman–Crippen MR) is 147 cm³/mol. The molecule has 2 N–H and O–H groups in total. The third-order valence-electron chi connectivity index (χ3n) is 6.51. The van der Waals surface area contributed by atoms with E-state index in [1.807, 2.05) is 12.9 Å². The summed E-state index contributed by atoms with van der Waals surface area (Å²) in [5.74, 6) is 0. The number of carbonyl (C=O) groups is 1. The minimum atomic E-state index is 0.825. The van der Waals surface area contributed by atoms with Crippen LogP contribution in [0.15, 0.2) is 103 Å². The summed E-state index contributed by atoms with van der Waals surface area (Å²) in [6.07, 6.45) is 0. The summed E-state index contributed by atoms with van der Waals surface area (Å²) in [5, 5.41) is 10.7. The summed E-state index contributed by atoms with van der Waals surface area (Å²) in [4.78, 5) is 8.00. The number of carbonyl (C=O) groups excluding carboxylic acids is 1. The zero-order chi connectivity index (χ0) is 23.7. The van der Waals surface area contributed by atoms with E-state index in [4.69, 9.17) is 10.5 Å². The van der Waals surface area contributed by atoms with Crippen LogP contribution in [0.3, 0.4) is 0 Å². The van der Waals surface area contributed by atoms with E-state index in [-0.39, 0.29) is 0 Å². The number of hydrogen-bond acceptors (Lipinski definition) is 2. The van der Waals surface area contributed by atoms with Gasteiger partial charge in [0.25, 0.3) is 0 Å². The van der Waals surface area contributed by atoms with Crippen molar-refractivity contribution in [2.75, 3.05) is 5.73 Å². The molecular formula is C31H26N2O. The molecule has 0 radical (unpaired) electrons. The Hall–Kier alpha value is -4.37. The van der Waals surface area contributed by atoms with Crippen molar-refractivity contribution in [3.63, 3.8) is 0 Å². The number of fused-ring (bicyclic) bond motifs is 3. The minimum absolute atomic E-state index is 0.825. The summed E-state index contributed by atoms with van der Waals surface area (Å²) in [7, 11) is 0. The molecule has 0 bridgehead atoms. The van der Waals surface area contributed by atoms with E-state index in [1.54, 1.807) is 0 Å². The van der Waals surface area contributed by atoms with E-state index in [0.29, 0.717) is 0 Å².